The third kappa shape index (κ3) is 6.00. The zero-order valence-electron chi connectivity index (χ0n) is 18.4. The van der Waals surface area contributed by atoms with Gasteiger partial charge >= 0.3 is 0 Å². The maximum atomic E-state index is 12.8. The Kier molecular flexibility index (Phi) is 8.18. The molecular formula is C21H29ClN4O4S2. The van der Waals surface area contributed by atoms with Crippen molar-refractivity contribution in [2.75, 3.05) is 36.4 Å². The predicted octanol–water partition coefficient (Wildman–Crippen LogP) is 3.02. The highest BCUT2D eigenvalue weighted by atomic mass is 35.5. The lowest BCUT2D eigenvalue weighted by Crippen LogP contribution is -2.45. The van der Waals surface area contributed by atoms with Gasteiger partial charge in [0.25, 0.3) is 21.5 Å². The predicted molar refractivity (Wildman–Crippen MR) is 131 cm³/mol. The second-order valence-electron chi connectivity index (χ2n) is 8.00. The van der Waals surface area contributed by atoms with Crippen LogP contribution in [-0.2, 0) is 34.4 Å². The number of anilines is 2. The van der Waals surface area contributed by atoms with E-state index in [-0.39, 0.29) is 12.6 Å². The Morgan fingerprint density at radius 1 is 1.16 bits per heavy atom. The highest BCUT2D eigenvalue weighted by molar-refractivity contribution is 7.87. The number of nitrogens with zero attached hydrogens (tertiary/aromatic N) is 3. The topological polar surface area (TPSA) is 93.2 Å². The van der Waals surface area contributed by atoms with Crippen molar-refractivity contribution in [3.8, 4) is 0 Å². The Labute approximate surface area is 197 Å². The van der Waals surface area contributed by atoms with Gasteiger partial charge in [0.05, 0.1) is 5.69 Å². The van der Waals surface area contributed by atoms with Gasteiger partial charge in [-0.25, -0.2) is 8.93 Å². The molecule has 176 valence electrons. The normalized spacial score (nSPS) is 16.3. The number of hydrogen-bond acceptors (Lipinski definition) is 4. The van der Waals surface area contributed by atoms with Crippen molar-refractivity contribution in [2.24, 2.45) is 0 Å². The van der Waals surface area contributed by atoms with Gasteiger partial charge < -0.3 is 4.90 Å². The van der Waals surface area contributed by atoms with Crippen LogP contribution in [0.25, 0.3) is 0 Å². The number of hydrogen-bond donors (Lipinski definition) is 2. The van der Waals surface area contributed by atoms with Crippen molar-refractivity contribution in [1.29, 1.82) is 0 Å². The quantitative estimate of drug-likeness (QED) is 0.516. The lowest BCUT2D eigenvalue weighted by molar-refractivity contribution is 0.383. The summed E-state index contributed by atoms with van der Waals surface area (Å²) < 4.78 is 52.8. The molecular weight excluding hydrogens is 472 g/mol. The Hall–Kier alpha value is -1.69. The molecule has 32 heavy (non-hydrogen) atoms. The molecule has 0 spiro atoms. The van der Waals surface area contributed by atoms with Crippen LogP contribution >= 0.6 is 11.6 Å². The van der Waals surface area contributed by atoms with Crippen molar-refractivity contribution in [3.63, 3.8) is 0 Å². The van der Waals surface area contributed by atoms with Crippen LogP contribution in [0.3, 0.4) is 0 Å². The van der Waals surface area contributed by atoms with Gasteiger partial charge in [-0.15, -0.1) is 0 Å². The molecule has 0 saturated carbocycles. The van der Waals surface area contributed by atoms with Gasteiger partial charge in [0.15, 0.2) is 0 Å². The summed E-state index contributed by atoms with van der Waals surface area (Å²) in [7, 11) is 0.167. The van der Waals surface area contributed by atoms with Crippen molar-refractivity contribution in [3.05, 3.63) is 58.6 Å². The minimum atomic E-state index is -3.67. The van der Waals surface area contributed by atoms with Gasteiger partial charge in [0.1, 0.15) is 0 Å². The van der Waals surface area contributed by atoms with E-state index in [0.717, 1.165) is 16.8 Å². The van der Waals surface area contributed by atoms with E-state index in [9.17, 15) is 17.2 Å². The Balaban J connectivity index is 1.60. The van der Waals surface area contributed by atoms with E-state index in [1.165, 1.54) is 8.61 Å². The maximum absolute atomic E-state index is 12.8. The third-order valence-corrected chi connectivity index (χ3v) is 8.22. The van der Waals surface area contributed by atoms with Crippen molar-refractivity contribution in [1.82, 2.24) is 9.03 Å². The third-order valence-electron chi connectivity index (χ3n) is 5.52. The van der Waals surface area contributed by atoms with Crippen molar-refractivity contribution >= 4 is 44.5 Å². The zero-order valence-corrected chi connectivity index (χ0v) is 20.8. The first kappa shape index (κ1) is 24.9. The molecule has 2 N–H and O–H groups in total. The van der Waals surface area contributed by atoms with Crippen LogP contribution < -0.4 is 13.9 Å². The van der Waals surface area contributed by atoms with Crippen LogP contribution in [0.15, 0.2) is 42.5 Å². The molecule has 1 aliphatic rings. The first-order valence-electron chi connectivity index (χ1n) is 10.3. The molecule has 0 aliphatic carbocycles. The second-order valence-corrected chi connectivity index (χ2v) is 11.0. The molecule has 1 aliphatic heterocycles. The standard InChI is InChI=1S/C21H29ClN4O4S2/c1-16(26(31(27)28)21-8-6-20(7-9-21)24(2)3)10-12-23-32(29,30)25-13-11-17-14-19(22)5-4-18(17)15-25/h4-9,14,16,23H,10-13,15H2,1-3H3,(H,27,28)/t16-/m1/s1. The van der Waals surface area contributed by atoms with Gasteiger partial charge in [-0.1, -0.05) is 17.7 Å². The summed E-state index contributed by atoms with van der Waals surface area (Å²) in [5.41, 5.74) is 3.59. The molecule has 2 aromatic carbocycles. The van der Waals surface area contributed by atoms with E-state index in [4.69, 9.17) is 11.6 Å². The van der Waals surface area contributed by atoms with Gasteiger partial charge in [-0.05, 0) is 67.3 Å². The average molecular weight is 501 g/mol. The molecule has 3 rings (SSSR count). The molecule has 2 aromatic rings. The summed E-state index contributed by atoms with van der Waals surface area (Å²) >= 11 is 3.79. The fourth-order valence-electron chi connectivity index (χ4n) is 3.70. The van der Waals surface area contributed by atoms with E-state index in [2.05, 4.69) is 4.72 Å². The van der Waals surface area contributed by atoms with E-state index in [0.29, 0.717) is 36.6 Å². The fourth-order valence-corrected chi connectivity index (χ4v) is 5.81. The summed E-state index contributed by atoms with van der Waals surface area (Å²) in [5, 5.41) is 0.648. The SMILES string of the molecule is C[C@H](CCNS(=O)(=O)N1CCc2cc(Cl)ccc2C1)N(c1ccc(N(C)C)cc1)S(=O)O. The Morgan fingerprint density at radius 2 is 1.81 bits per heavy atom. The van der Waals surface area contributed by atoms with Crippen LogP contribution in [0, 0.1) is 0 Å². The summed E-state index contributed by atoms with van der Waals surface area (Å²) in [6, 6.07) is 12.4. The van der Waals surface area contributed by atoms with Crippen LogP contribution in [0.5, 0.6) is 0 Å². The molecule has 0 bridgehead atoms. The van der Waals surface area contributed by atoms with E-state index in [1.54, 1.807) is 25.1 Å². The van der Waals surface area contributed by atoms with Crippen LogP contribution in [-0.4, -0.2) is 54.7 Å². The van der Waals surface area contributed by atoms with Crippen LogP contribution in [0.1, 0.15) is 24.5 Å². The van der Waals surface area contributed by atoms with E-state index in [1.807, 2.05) is 43.3 Å². The van der Waals surface area contributed by atoms with Gasteiger partial charge in [0, 0.05) is 50.5 Å². The van der Waals surface area contributed by atoms with Gasteiger partial charge in [-0.2, -0.15) is 12.7 Å². The highest BCUT2D eigenvalue weighted by Crippen LogP contribution is 2.25. The minimum Gasteiger partial charge on any atom is -0.378 e. The first-order valence-corrected chi connectivity index (χ1v) is 13.2. The molecule has 0 saturated heterocycles. The summed E-state index contributed by atoms with van der Waals surface area (Å²) in [6.07, 6.45) is 0.967. The lowest BCUT2D eigenvalue weighted by atomic mass is 10.0. The number of nitrogens with one attached hydrogen (secondary N) is 1. The molecule has 8 nitrogen and oxygen atoms in total. The second kappa shape index (κ2) is 10.5. The van der Waals surface area contributed by atoms with E-state index >= 15 is 0 Å². The van der Waals surface area contributed by atoms with Crippen LogP contribution in [0.4, 0.5) is 11.4 Å². The first-order chi connectivity index (χ1) is 15.1. The number of benzene rings is 2. The molecule has 1 unspecified atom stereocenters. The summed E-state index contributed by atoms with van der Waals surface area (Å²) in [6.45, 7) is 2.62. The zero-order chi connectivity index (χ0) is 23.5. The average Bonchev–Trinajstić information content (AvgIpc) is 2.73. The minimum absolute atomic E-state index is 0.150. The van der Waals surface area contributed by atoms with Crippen LogP contribution in [0.2, 0.25) is 5.02 Å². The monoisotopic (exact) mass is 500 g/mol. The Morgan fingerprint density at radius 3 is 2.44 bits per heavy atom. The highest BCUT2D eigenvalue weighted by Gasteiger charge is 2.27. The number of halogens is 1. The molecule has 11 heteroatoms. The largest absolute Gasteiger partial charge is 0.378 e. The maximum Gasteiger partial charge on any atom is 0.279 e. The molecule has 0 amide bonds. The Bertz CT molecular complexity index is 1060. The molecule has 0 aromatic heterocycles. The van der Waals surface area contributed by atoms with Crippen molar-refractivity contribution in [2.45, 2.75) is 32.4 Å². The lowest BCUT2D eigenvalue weighted by Gasteiger charge is -2.30. The molecule has 2 atom stereocenters. The number of rotatable bonds is 9. The summed E-state index contributed by atoms with van der Waals surface area (Å²) in [5.74, 6) is 0. The number of fused-ring (bicyclic) bond motifs is 1. The van der Waals surface area contributed by atoms with E-state index < -0.39 is 21.5 Å². The molecule has 0 radical (unpaired) electrons. The van der Waals surface area contributed by atoms with Crippen molar-refractivity contribution < 1.29 is 17.2 Å². The fraction of sp³-hybridized carbons (Fsp3) is 0.429. The van der Waals surface area contributed by atoms with Gasteiger partial charge in [0.2, 0.25) is 0 Å². The smallest absolute Gasteiger partial charge is 0.279 e. The molecule has 0 fully saturated rings. The summed E-state index contributed by atoms with van der Waals surface area (Å²) in [4.78, 5) is 1.94. The molecule has 1 heterocycles. The van der Waals surface area contributed by atoms with Gasteiger partial charge in [-0.3, -0.25) is 8.86 Å².